The largest absolute Gasteiger partial charge is 0.342 e. The van der Waals surface area contributed by atoms with E-state index in [1.54, 1.807) is 12.1 Å². The monoisotopic (exact) mass is 313 g/mol. The molecule has 0 aliphatic carbocycles. The van der Waals surface area contributed by atoms with Crippen LogP contribution in [0.5, 0.6) is 0 Å². The average Bonchev–Trinajstić information content (AvgIpc) is 2.48. The van der Waals surface area contributed by atoms with Crippen LogP contribution in [0.3, 0.4) is 0 Å². The van der Waals surface area contributed by atoms with Crippen molar-refractivity contribution < 1.29 is 9.72 Å². The van der Waals surface area contributed by atoms with E-state index in [0.717, 1.165) is 31.5 Å². The number of carbonyl (C=O) groups is 1. The minimum Gasteiger partial charge on any atom is -0.342 e. The van der Waals surface area contributed by atoms with Crippen molar-refractivity contribution in [2.45, 2.75) is 25.3 Å². The highest BCUT2D eigenvalue weighted by Gasteiger charge is 2.21. The van der Waals surface area contributed by atoms with Gasteiger partial charge in [0.25, 0.3) is 5.69 Å². The number of nitrogens with one attached hydrogen (secondary N) is 1. The highest BCUT2D eigenvalue weighted by Crippen LogP contribution is 2.15. The summed E-state index contributed by atoms with van der Waals surface area (Å²) in [6.45, 7) is 1.89. The predicted octanol–water partition coefficient (Wildman–Crippen LogP) is 1.77. The molecule has 1 saturated heterocycles. The molecule has 1 aromatic carbocycles. The number of piperidine rings is 1. The zero-order chi connectivity index (χ0) is 14.5. The van der Waals surface area contributed by atoms with Crippen LogP contribution in [0.1, 0.15) is 18.4 Å². The van der Waals surface area contributed by atoms with Gasteiger partial charge in [0.05, 0.1) is 11.3 Å². The molecule has 0 radical (unpaired) electrons. The van der Waals surface area contributed by atoms with Crippen molar-refractivity contribution in [2.75, 3.05) is 20.1 Å². The van der Waals surface area contributed by atoms with Crippen LogP contribution in [0.2, 0.25) is 0 Å². The first-order valence-electron chi connectivity index (χ1n) is 6.77. The van der Waals surface area contributed by atoms with Crippen LogP contribution < -0.4 is 5.32 Å². The highest BCUT2D eigenvalue weighted by molar-refractivity contribution is 5.85. The molecule has 1 amide bonds. The molecule has 0 spiro atoms. The molecule has 0 unspecified atom stereocenters. The molecule has 0 saturated carbocycles. The van der Waals surface area contributed by atoms with E-state index in [2.05, 4.69) is 5.32 Å². The van der Waals surface area contributed by atoms with E-state index in [1.165, 1.54) is 12.1 Å². The third-order valence-corrected chi connectivity index (χ3v) is 3.75. The maximum absolute atomic E-state index is 12.2. The quantitative estimate of drug-likeness (QED) is 0.679. The second-order valence-electron chi connectivity index (χ2n) is 5.09. The molecule has 6 nitrogen and oxygen atoms in total. The first kappa shape index (κ1) is 17.4. The molecule has 1 heterocycles. The van der Waals surface area contributed by atoms with Gasteiger partial charge < -0.3 is 10.2 Å². The number of nitro benzene ring substituents is 1. The molecule has 1 aromatic rings. The lowest BCUT2D eigenvalue weighted by atomic mass is 10.0. The van der Waals surface area contributed by atoms with Crippen LogP contribution >= 0.6 is 12.4 Å². The number of nitro groups is 1. The molecule has 0 atom stereocenters. The van der Waals surface area contributed by atoms with Gasteiger partial charge in [-0.1, -0.05) is 12.1 Å². The van der Waals surface area contributed by atoms with E-state index in [9.17, 15) is 14.9 Å². The van der Waals surface area contributed by atoms with Crippen molar-refractivity contribution in [2.24, 2.45) is 0 Å². The summed E-state index contributed by atoms with van der Waals surface area (Å²) >= 11 is 0. The van der Waals surface area contributed by atoms with Crippen molar-refractivity contribution in [3.05, 3.63) is 39.9 Å². The van der Waals surface area contributed by atoms with E-state index in [1.807, 2.05) is 11.9 Å². The Bertz CT molecular complexity index is 487. The summed E-state index contributed by atoms with van der Waals surface area (Å²) in [5.74, 6) is 0.0609. The van der Waals surface area contributed by atoms with Gasteiger partial charge in [0.15, 0.2) is 0 Å². The van der Waals surface area contributed by atoms with Crippen molar-refractivity contribution in [1.29, 1.82) is 0 Å². The normalized spacial score (nSPS) is 15.1. The lowest BCUT2D eigenvalue weighted by Crippen LogP contribution is -2.44. The van der Waals surface area contributed by atoms with Crippen LogP contribution in [-0.2, 0) is 11.2 Å². The van der Waals surface area contributed by atoms with Crippen molar-refractivity contribution >= 4 is 24.0 Å². The topological polar surface area (TPSA) is 75.5 Å². The van der Waals surface area contributed by atoms with Gasteiger partial charge in [0, 0.05) is 25.2 Å². The SMILES string of the molecule is CN(C(=O)Cc1ccc([N+](=O)[O-])cc1)C1CCNCC1.Cl. The average molecular weight is 314 g/mol. The van der Waals surface area contributed by atoms with Gasteiger partial charge in [-0.3, -0.25) is 14.9 Å². The number of amides is 1. The van der Waals surface area contributed by atoms with Gasteiger partial charge in [0.1, 0.15) is 0 Å². The Balaban J connectivity index is 0.00000220. The standard InChI is InChI=1S/C14H19N3O3.ClH/c1-16(12-6-8-15-9-7-12)14(18)10-11-2-4-13(5-3-11)17(19)20;/h2-5,12,15H,6-10H2,1H3;1H. The summed E-state index contributed by atoms with van der Waals surface area (Å²) in [5, 5.41) is 13.8. The number of rotatable bonds is 4. The number of likely N-dealkylation sites (N-methyl/N-ethyl adjacent to an activating group) is 1. The molecule has 1 N–H and O–H groups in total. The fourth-order valence-corrected chi connectivity index (χ4v) is 2.43. The van der Waals surface area contributed by atoms with Crippen LogP contribution in [-0.4, -0.2) is 41.9 Å². The molecule has 1 aliphatic rings. The lowest BCUT2D eigenvalue weighted by molar-refractivity contribution is -0.384. The summed E-state index contributed by atoms with van der Waals surface area (Å²) in [7, 11) is 1.84. The number of carbonyl (C=O) groups excluding carboxylic acids is 1. The molecule has 0 aromatic heterocycles. The van der Waals surface area contributed by atoms with E-state index < -0.39 is 4.92 Å². The first-order valence-corrected chi connectivity index (χ1v) is 6.77. The van der Waals surface area contributed by atoms with E-state index in [0.29, 0.717) is 12.5 Å². The Kier molecular flexibility index (Phi) is 6.58. The smallest absolute Gasteiger partial charge is 0.269 e. The molecular formula is C14H20ClN3O3. The van der Waals surface area contributed by atoms with Crippen molar-refractivity contribution in [1.82, 2.24) is 10.2 Å². The van der Waals surface area contributed by atoms with Gasteiger partial charge in [-0.15, -0.1) is 12.4 Å². The molecule has 1 aliphatic heterocycles. The number of halogens is 1. The maximum atomic E-state index is 12.2. The number of nitrogens with zero attached hydrogens (tertiary/aromatic N) is 2. The van der Waals surface area contributed by atoms with Gasteiger partial charge in [0.2, 0.25) is 5.91 Å². The Morgan fingerprint density at radius 1 is 1.33 bits per heavy atom. The van der Waals surface area contributed by atoms with Crippen LogP contribution in [0.15, 0.2) is 24.3 Å². The first-order chi connectivity index (χ1) is 9.58. The molecule has 0 bridgehead atoms. The summed E-state index contributed by atoms with van der Waals surface area (Å²) in [6.07, 6.45) is 2.24. The number of non-ortho nitro benzene ring substituents is 1. The molecule has 116 valence electrons. The Labute approximate surface area is 130 Å². The zero-order valence-electron chi connectivity index (χ0n) is 11.9. The van der Waals surface area contributed by atoms with Crippen LogP contribution in [0.4, 0.5) is 5.69 Å². The third-order valence-electron chi connectivity index (χ3n) is 3.75. The fraction of sp³-hybridized carbons (Fsp3) is 0.500. The van der Waals surface area contributed by atoms with Crippen LogP contribution in [0.25, 0.3) is 0 Å². The van der Waals surface area contributed by atoms with E-state index >= 15 is 0 Å². The minimum absolute atomic E-state index is 0. The summed E-state index contributed by atoms with van der Waals surface area (Å²) in [5.41, 5.74) is 0.856. The summed E-state index contributed by atoms with van der Waals surface area (Å²) < 4.78 is 0. The summed E-state index contributed by atoms with van der Waals surface area (Å²) in [6, 6.07) is 6.46. The van der Waals surface area contributed by atoms with Gasteiger partial charge in [-0.25, -0.2) is 0 Å². The lowest BCUT2D eigenvalue weighted by Gasteiger charge is -2.31. The Morgan fingerprint density at radius 2 is 1.90 bits per heavy atom. The molecular weight excluding hydrogens is 294 g/mol. The minimum atomic E-state index is -0.438. The molecule has 21 heavy (non-hydrogen) atoms. The van der Waals surface area contributed by atoms with E-state index in [-0.39, 0.29) is 24.0 Å². The molecule has 2 rings (SSSR count). The van der Waals surface area contributed by atoms with Gasteiger partial charge >= 0.3 is 0 Å². The number of benzene rings is 1. The fourth-order valence-electron chi connectivity index (χ4n) is 2.43. The number of hydrogen-bond acceptors (Lipinski definition) is 4. The van der Waals surface area contributed by atoms with Gasteiger partial charge in [-0.2, -0.15) is 0 Å². The predicted molar refractivity (Wildman–Crippen MR) is 82.7 cm³/mol. The molecule has 1 fully saturated rings. The van der Waals surface area contributed by atoms with Gasteiger partial charge in [-0.05, 0) is 31.5 Å². The van der Waals surface area contributed by atoms with Crippen molar-refractivity contribution in [3.8, 4) is 0 Å². The third kappa shape index (κ3) is 4.68. The van der Waals surface area contributed by atoms with Crippen molar-refractivity contribution in [3.63, 3.8) is 0 Å². The summed E-state index contributed by atoms with van der Waals surface area (Å²) in [4.78, 5) is 24.1. The van der Waals surface area contributed by atoms with Crippen LogP contribution in [0, 0.1) is 10.1 Å². The number of hydrogen-bond donors (Lipinski definition) is 1. The second-order valence-corrected chi connectivity index (χ2v) is 5.09. The van der Waals surface area contributed by atoms with E-state index in [4.69, 9.17) is 0 Å². The molecule has 7 heteroatoms. The zero-order valence-corrected chi connectivity index (χ0v) is 12.8. The highest BCUT2D eigenvalue weighted by atomic mass is 35.5. The Morgan fingerprint density at radius 3 is 2.43 bits per heavy atom. The Hall–Kier alpha value is -1.66. The maximum Gasteiger partial charge on any atom is 0.269 e. The second kappa shape index (κ2) is 7.95.